The van der Waals surface area contributed by atoms with Gasteiger partial charge in [-0.25, -0.2) is 0 Å². The number of amides is 1. The Morgan fingerprint density at radius 1 is 1.37 bits per heavy atom. The van der Waals surface area contributed by atoms with E-state index in [2.05, 4.69) is 0 Å². The van der Waals surface area contributed by atoms with Crippen molar-refractivity contribution in [1.29, 1.82) is 0 Å². The van der Waals surface area contributed by atoms with Crippen molar-refractivity contribution in [3.05, 3.63) is 34.9 Å². The Bertz CT molecular complexity index is 490. The summed E-state index contributed by atoms with van der Waals surface area (Å²) in [5.74, 6) is -4.84. The Morgan fingerprint density at radius 2 is 2.00 bits per heavy atom. The summed E-state index contributed by atoms with van der Waals surface area (Å²) < 4.78 is 36.0. The van der Waals surface area contributed by atoms with E-state index in [9.17, 15) is 22.8 Å². The summed E-state index contributed by atoms with van der Waals surface area (Å²) in [4.78, 5) is 21.6. The van der Waals surface area contributed by atoms with Crippen LogP contribution in [0.15, 0.2) is 24.3 Å². The van der Waals surface area contributed by atoms with E-state index in [0.717, 1.165) is 0 Å². The molecule has 0 radical (unpaired) electrons. The Kier molecular flexibility index (Phi) is 4.77. The van der Waals surface area contributed by atoms with Gasteiger partial charge in [-0.2, -0.15) is 13.2 Å². The van der Waals surface area contributed by atoms with Crippen LogP contribution in [-0.2, 0) is 9.59 Å². The molecular formula is C11H9ClF3NO3. The Balaban J connectivity index is 2.81. The number of carboxylic acid groups (broad SMARTS) is 1. The third kappa shape index (κ3) is 4.44. The first kappa shape index (κ1) is 15.3. The summed E-state index contributed by atoms with van der Waals surface area (Å²) in [7, 11) is 0. The summed E-state index contributed by atoms with van der Waals surface area (Å²) in [6, 6.07) is 5.70. The molecule has 19 heavy (non-hydrogen) atoms. The lowest BCUT2D eigenvalue weighted by molar-refractivity contribution is -0.173. The Morgan fingerprint density at radius 3 is 2.47 bits per heavy atom. The number of carboxylic acids is 1. The first-order valence-electron chi connectivity index (χ1n) is 5.05. The van der Waals surface area contributed by atoms with Crippen molar-refractivity contribution in [3.8, 4) is 0 Å². The Labute approximate surface area is 111 Å². The van der Waals surface area contributed by atoms with Gasteiger partial charge in [-0.1, -0.05) is 23.7 Å². The monoisotopic (exact) mass is 295 g/mol. The van der Waals surface area contributed by atoms with Crippen molar-refractivity contribution in [2.45, 2.75) is 12.1 Å². The molecule has 104 valence electrons. The molecular weight excluding hydrogens is 287 g/mol. The SMILES string of the molecule is O=C(O)C(CNC(=O)C(F)(F)F)c1cccc(Cl)c1. The highest BCUT2D eigenvalue weighted by atomic mass is 35.5. The van der Waals surface area contributed by atoms with Crippen molar-refractivity contribution >= 4 is 23.5 Å². The zero-order valence-corrected chi connectivity index (χ0v) is 10.1. The van der Waals surface area contributed by atoms with Crippen LogP contribution in [0.25, 0.3) is 0 Å². The molecule has 0 spiro atoms. The first-order valence-corrected chi connectivity index (χ1v) is 5.43. The maximum atomic E-state index is 12.0. The number of halogens is 4. The van der Waals surface area contributed by atoms with Crippen LogP contribution in [0, 0.1) is 0 Å². The third-order valence-electron chi connectivity index (χ3n) is 2.27. The van der Waals surface area contributed by atoms with Crippen LogP contribution in [0.2, 0.25) is 5.02 Å². The lowest BCUT2D eigenvalue weighted by Gasteiger charge is -2.15. The van der Waals surface area contributed by atoms with Gasteiger partial charge in [0, 0.05) is 11.6 Å². The van der Waals surface area contributed by atoms with E-state index in [0.29, 0.717) is 0 Å². The van der Waals surface area contributed by atoms with Crippen molar-refractivity contribution in [3.63, 3.8) is 0 Å². The largest absolute Gasteiger partial charge is 0.481 e. The fourth-order valence-corrected chi connectivity index (χ4v) is 1.56. The molecule has 0 saturated heterocycles. The van der Waals surface area contributed by atoms with Gasteiger partial charge < -0.3 is 10.4 Å². The normalized spacial score (nSPS) is 12.8. The maximum Gasteiger partial charge on any atom is 0.471 e. The fraction of sp³-hybridized carbons (Fsp3) is 0.273. The average Bonchev–Trinajstić information content (AvgIpc) is 2.27. The molecule has 1 unspecified atom stereocenters. The van der Waals surface area contributed by atoms with E-state index >= 15 is 0 Å². The fourth-order valence-electron chi connectivity index (χ4n) is 1.37. The second kappa shape index (κ2) is 5.92. The summed E-state index contributed by atoms with van der Waals surface area (Å²) in [6.07, 6.45) is -5.04. The molecule has 1 atom stereocenters. The van der Waals surface area contributed by atoms with Gasteiger partial charge in [0.05, 0.1) is 5.92 Å². The lowest BCUT2D eigenvalue weighted by Crippen LogP contribution is -2.40. The topological polar surface area (TPSA) is 66.4 Å². The minimum absolute atomic E-state index is 0.211. The predicted octanol–water partition coefficient (Wildman–Crippen LogP) is 2.19. The van der Waals surface area contributed by atoms with E-state index in [1.807, 2.05) is 0 Å². The smallest absolute Gasteiger partial charge is 0.471 e. The van der Waals surface area contributed by atoms with E-state index in [-0.39, 0.29) is 10.6 Å². The molecule has 1 amide bonds. The summed E-state index contributed by atoms with van der Waals surface area (Å²) >= 11 is 5.67. The number of hydrogen-bond donors (Lipinski definition) is 2. The first-order chi connectivity index (χ1) is 8.71. The second-order valence-corrected chi connectivity index (χ2v) is 4.09. The van der Waals surface area contributed by atoms with Crippen molar-refractivity contribution in [2.75, 3.05) is 6.54 Å². The number of nitrogens with one attached hydrogen (secondary N) is 1. The molecule has 0 aliphatic carbocycles. The number of rotatable bonds is 4. The molecule has 0 saturated carbocycles. The Hall–Kier alpha value is -1.76. The molecule has 0 heterocycles. The van der Waals surface area contributed by atoms with E-state index in [1.54, 1.807) is 0 Å². The molecule has 1 aromatic carbocycles. The highest BCUT2D eigenvalue weighted by molar-refractivity contribution is 6.30. The number of alkyl halides is 3. The number of hydrogen-bond acceptors (Lipinski definition) is 2. The van der Waals surface area contributed by atoms with Gasteiger partial charge in [0.2, 0.25) is 0 Å². The zero-order valence-electron chi connectivity index (χ0n) is 9.37. The van der Waals surface area contributed by atoms with Gasteiger partial charge in [0.15, 0.2) is 0 Å². The zero-order chi connectivity index (χ0) is 14.6. The minimum atomic E-state index is -5.04. The van der Waals surface area contributed by atoms with Crippen LogP contribution in [0.3, 0.4) is 0 Å². The van der Waals surface area contributed by atoms with Crippen LogP contribution in [0.1, 0.15) is 11.5 Å². The molecule has 4 nitrogen and oxygen atoms in total. The van der Waals surface area contributed by atoms with Gasteiger partial charge in [-0.05, 0) is 17.7 Å². The van der Waals surface area contributed by atoms with Crippen molar-refractivity contribution < 1.29 is 27.9 Å². The number of benzene rings is 1. The molecule has 0 fully saturated rings. The van der Waals surface area contributed by atoms with Crippen LogP contribution in [0.5, 0.6) is 0 Å². The summed E-state index contributed by atoms with van der Waals surface area (Å²) in [5, 5.41) is 10.7. The standard InChI is InChI=1S/C11H9ClF3NO3/c12-7-3-1-2-6(4-7)8(9(17)18)5-16-10(19)11(13,14)15/h1-4,8H,5H2,(H,16,19)(H,17,18). The second-order valence-electron chi connectivity index (χ2n) is 3.65. The van der Waals surface area contributed by atoms with Crippen molar-refractivity contribution in [2.24, 2.45) is 0 Å². The summed E-state index contributed by atoms with van der Waals surface area (Å²) in [5.41, 5.74) is 0.211. The van der Waals surface area contributed by atoms with E-state index < -0.39 is 30.5 Å². The van der Waals surface area contributed by atoms with Crippen molar-refractivity contribution in [1.82, 2.24) is 5.32 Å². The van der Waals surface area contributed by atoms with E-state index in [4.69, 9.17) is 16.7 Å². The highest BCUT2D eigenvalue weighted by Gasteiger charge is 2.39. The number of carbonyl (C=O) groups excluding carboxylic acids is 1. The molecule has 1 aromatic rings. The lowest BCUT2D eigenvalue weighted by atomic mass is 9.99. The quantitative estimate of drug-likeness (QED) is 0.895. The minimum Gasteiger partial charge on any atom is -0.481 e. The van der Waals surface area contributed by atoms with Crippen LogP contribution in [-0.4, -0.2) is 29.7 Å². The third-order valence-corrected chi connectivity index (χ3v) is 2.51. The molecule has 2 N–H and O–H groups in total. The molecule has 1 rings (SSSR count). The summed E-state index contributed by atoms with van der Waals surface area (Å²) in [6.45, 7) is -0.673. The molecule has 0 aliphatic heterocycles. The molecule has 0 aliphatic rings. The van der Waals surface area contributed by atoms with Gasteiger partial charge in [-0.15, -0.1) is 0 Å². The van der Waals surface area contributed by atoms with Gasteiger partial charge in [0.1, 0.15) is 0 Å². The maximum absolute atomic E-state index is 12.0. The number of carbonyl (C=O) groups is 2. The highest BCUT2D eigenvalue weighted by Crippen LogP contribution is 2.20. The molecule has 0 aromatic heterocycles. The number of aliphatic carboxylic acids is 1. The molecule has 0 bridgehead atoms. The van der Waals surface area contributed by atoms with Crippen LogP contribution in [0.4, 0.5) is 13.2 Å². The van der Waals surface area contributed by atoms with Gasteiger partial charge in [0.25, 0.3) is 0 Å². The van der Waals surface area contributed by atoms with Crippen LogP contribution < -0.4 is 5.32 Å². The average molecular weight is 296 g/mol. The van der Waals surface area contributed by atoms with Gasteiger partial charge >= 0.3 is 18.1 Å². The predicted molar refractivity (Wildman–Crippen MR) is 60.9 cm³/mol. The van der Waals surface area contributed by atoms with Crippen LogP contribution >= 0.6 is 11.6 Å². The van der Waals surface area contributed by atoms with Gasteiger partial charge in [-0.3, -0.25) is 9.59 Å². The molecule has 8 heteroatoms. The van der Waals surface area contributed by atoms with E-state index in [1.165, 1.54) is 29.6 Å².